The van der Waals surface area contributed by atoms with Crippen molar-refractivity contribution in [1.82, 2.24) is 14.5 Å². The van der Waals surface area contributed by atoms with Crippen LogP contribution in [0.25, 0.3) is 5.57 Å². The van der Waals surface area contributed by atoms with Gasteiger partial charge >= 0.3 is 5.97 Å². The van der Waals surface area contributed by atoms with Crippen molar-refractivity contribution in [3.63, 3.8) is 0 Å². The van der Waals surface area contributed by atoms with Crippen LogP contribution in [0.5, 0.6) is 0 Å². The monoisotopic (exact) mass is 595 g/mol. The highest BCUT2D eigenvalue weighted by Gasteiger charge is 2.33. The lowest BCUT2D eigenvalue weighted by atomic mass is 9.88. The van der Waals surface area contributed by atoms with Gasteiger partial charge in [-0.25, -0.2) is 9.78 Å². The third-order valence-electron chi connectivity index (χ3n) is 7.87. The molecule has 0 saturated heterocycles. The Morgan fingerprint density at radius 3 is 2.16 bits per heavy atom. The highest BCUT2D eigenvalue weighted by Crippen LogP contribution is 2.33. The zero-order valence-corrected chi connectivity index (χ0v) is 25.1. The Balaban J connectivity index is 1.42. The zero-order chi connectivity index (χ0) is 30.3. The maximum absolute atomic E-state index is 14.1. The van der Waals surface area contributed by atoms with E-state index >= 15 is 0 Å². The molecule has 8 heteroatoms. The van der Waals surface area contributed by atoms with Crippen LogP contribution < -0.4 is 0 Å². The van der Waals surface area contributed by atoms with E-state index in [1.165, 1.54) is 7.11 Å². The zero-order valence-electron chi connectivity index (χ0n) is 24.3. The minimum atomic E-state index is -0.479. The number of amides is 1. The van der Waals surface area contributed by atoms with E-state index in [4.69, 9.17) is 16.3 Å². The third kappa shape index (κ3) is 6.47. The maximum atomic E-state index is 14.1. The highest BCUT2D eigenvalue weighted by molar-refractivity contribution is 6.31. The minimum Gasteiger partial charge on any atom is -0.466 e. The summed E-state index contributed by atoms with van der Waals surface area (Å²) in [6, 6.07) is 27.4. The Labute approximate surface area is 256 Å². The summed E-state index contributed by atoms with van der Waals surface area (Å²) < 4.78 is 7.03. The van der Waals surface area contributed by atoms with Crippen molar-refractivity contribution in [3.8, 4) is 0 Å². The van der Waals surface area contributed by atoms with Crippen LogP contribution in [0.2, 0.25) is 5.15 Å². The highest BCUT2D eigenvalue weighted by atomic mass is 35.5. The van der Waals surface area contributed by atoms with E-state index < -0.39 is 11.9 Å². The van der Waals surface area contributed by atoms with E-state index in [0.29, 0.717) is 37.2 Å². The summed E-state index contributed by atoms with van der Waals surface area (Å²) in [7, 11) is 1.36. The molecule has 0 N–H and O–H groups in total. The lowest BCUT2D eigenvalue weighted by molar-refractivity contribution is -0.137. The van der Waals surface area contributed by atoms with Crippen LogP contribution in [0, 0.1) is 0 Å². The Morgan fingerprint density at radius 2 is 1.60 bits per heavy atom. The molecule has 1 aliphatic rings. The van der Waals surface area contributed by atoms with Gasteiger partial charge in [0.25, 0.3) is 0 Å². The van der Waals surface area contributed by atoms with Crippen LogP contribution in [-0.2, 0) is 27.3 Å². The van der Waals surface area contributed by atoms with E-state index in [9.17, 15) is 14.4 Å². The number of rotatable bonds is 10. The molecule has 3 aromatic carbocycles. The van der Waals surface area contributed by atoms with E-state index in [1.807, 2.05) is 89.5 Å². The Bertz CT molecular complexity index is 1590. The largest absolute Gasteiger partial charge is 0.466 e. The molecule has 0 atom stereocenters. The molecular weight excluding hydrogens is 562 g/mol. The fourth-order valence-corrected chi connectivity index (χ4v) is 5.95. The van der Waals surface area contributed by atoms with Gasteiger partial charge in [0.1, 0.15) is 11.5 Å². The van der Waals surface area contributed by atoms with Crippen molar-refractivity contribution in [3.05, 3.63) is 129 Å². The topological polar surface area (TPSA) is 81.5 Å². The molecule has 2 heterocycles. The molecule has 0 aliphatic carbocycles. The molecule has 0 unspecified atom stereocenters. The minimum absolute atomic E-state index is 0.0546. The Kier molecular flexibility index (Phi) is 9.52. The van der Waals surface area contributed by atoms with E-state index in [1.54, 1.807) is 4.90 Å². The number of hydrogen-bond acceptors (Lipinski definition) is 5. The van der Waals surface area contributed by atoms with Crippen molar-refractivity contribution >= 4 is 35.3 Å². The van der Waals surface area contributed by atoms with Gasteiger partial charge in [-0.3, -0.25) is 9.59 Å². The predicted molar refractivity (Wildman–Crippen MR) is 167 cm³/mol. The van der Waals surface area contributed by atoms with Crippen LogP contribution in [0.3, 0.4) is 0 Å². The van der Waals surface area contributed by atoms with E-state index in [-0.39, 0.29) is 17.6 Å². The molecular formula is C35H34ClN3O4. The van der Waals surface area contributed by atoms with Crippen LogP contribution in [0.4, 0.5) is 0 Å². The Morgan fingerprint density at radius 1 is 0.977 bits per heavy atom. The first-order valence-corrected chi connectivity index (χ1v) is 14.8. The van der Waals surface area contributed by atoms with Gasteiger partial charge in [0.15, 0.2) is 11.4 Å². The number of esters is 1. The van der Waals surface area contributed by atoms with Crippen molar-refractivity contribution in [2.45, 2.75) is 38.6 Å². The Hall–Kier alpha value is -4.49. The van der Waals surface area contributed by atoms with Gasteiger partial charge in [-0.1, -0.05) is 103 Å². The summed E-state index contributed by atoms with van der Waals surface area (Å²) in [5.74, 6) is -0.204. The van der Waals surface area contributed by atoms with Gasteiger partial charge in [-0.15, -0.1) is 0 Å². The maximum Gasteiger partial charge on any atom is 0.335 e. The first-order chi connectivity index (χ1) is 20.9. The number of ether oxygens (including phenoxy) is 1. The molecule has 220 valence electrons. The predicted octanol–water partition coefficient (Wildman–Crippen LogP) is 6.34. The normalized spacial score (nSPS) is 13.3. The van der Waals surface area contributed by atoms with E-state index in [0.717, 1.165) is 46.4 Å². The fraction of sp³-hybridized carbons (Fsp3) is 0.257. The average molecular weight is 596 g/mol. The van der Waals surface area contributed by atoms with Gasteiger partial charge in [-0.2, -0.15) is 0 Å². The molecule has 7 nitrogen and oxygen atoms in total. The van der Waals surface area contributed by atoms with Crippen molar-refractivity contribution in [2.75, 3.05) is 20.2 Å². The number of benzene rings is 3. The summed E-state index contributed by atoms with van der Waals surface area (Å²) in [5, 5.41) is 0.214. The summed E-state index contributed by atoms with van der Waals surface area (Å²) in [6.45, 7) is 3.14. The molecule has 0 fully saturated rings. The average Bonchev–Trinajstić information content (AvgIpc) is 3.34. The van der Waals surface area contributed by atoms with Gasteiger partial charge < -0.3 is 14.2 Å². The SMILES string of the molecule is CCCc1nc(Cl)c(C=O)n1Cc1ccc(C2=C(C(=O)OC)CN(C(=O)C(c3ccccc3)c3ccccc3)CC2)cc1. The number of aldehydes is 1. The molecule has 1 aliphatic heterocycles. The molecule has 0 bridgehead atoms. The van der Waals surface area contributed by atoms with Crippen LogP contribution in [0.1, 0.15) is 64.2 Å². The lowest BCUT2D eigenvalue weighted by Gasteiger charge is -2.33. The standard InChI is InChI=1S/C35H34ClN3O4/c1-3-10-31-37-33(36)30(23-40)39(31)21-24-15-17-25(18-16-24)28-19-20-38(22-29(28)35(42)43-2)34(41)32(26-11-6-4-7-12-26)27-13-8-5-9-14-27/h4-9,11-18,23,32H,3,10,19-22H2,1-2H3. The van der Waals surface area contributed by atoms with Crippen LogP contribution in [-0.4, -0.2) is 52.8 Å². The number of carbonyl (C=O) groups is 3. The molecule has 5 rings (SSSR count). The summed E-state index contributed by atoms with van der Waals surface area (Å²) in [6.07, 6.45) is 2.85. The smallest absolute Gasteiger partial charge is 0.335 e. The molecule has 4 aromatic rings. The van der Waals surface area contributed by atoms with Crippen LogP contribution >= 0.6 is 11.6 Å². The molecule has 0 spiro atoms. The molecule has 0 radical (unpaired) electrons. The summed E-state index contributed by atoms with van der Waals surface area (Å²) in [4.78, 5) is 44.9. The first kappa shape index (κ1) is 30.0. The fourth-order valence-electron chi connectivity index (χ4n) is 5.71. The number of nitrogens with zero attached hydrogens (tertiary/aromatic N) is 3. The van der Waals surface area contributed by atoms with Crippen molar-refractivity contribution in [1.29, 1.82) is 0 Å². The second kappa shape index (κ2) is 13.7. The molecule has 1 amide bonds. The van der Waals surface area contributed by atoms with Crippen LogP contribution in [0.15, 0.2) is 90.5 Å². The molecule has 1 aromatic heterocycles. The van der Waals surface area contributed by atoms with Gasteiger partial charge in [0.2, 0.25) is 5.91 Å². The number of methoxy groups -OCH3 is 1. The van der Waals surface area contributed by atoms with Gasteiger partial charge in [0.05, 0.1) is 25.1 Å². The summed E-state index contributed by atoms with van der Waals surface area (Å²) in [5.41, 5.74) is 5.39. The number of hydrogen-bond donors (Lipinski definition) is 0. The number of imidazole rings is 1. The number of halogens is 1. The number of aryl methyl sites for hydroxylation is 1. The lowest BCUT2D eigenvalue weighted by Crippen LogP contribution is -2.41. The number of aromatic nitrogens is 2. The van der Waals surface area contributed by atoms with Gasteiger partial charge in [-0.05, 0) is 40.7 Å². The van der Waals surface area contributed by atoms with E-state index in [2.05, 4.69) is 11.9 Å². The third-order valence-corrected chi connectivity index (χ3v) is 8.15. The first-order valence-electron chi connectivity index (χ1n) is 14.4. The summed E-state index contributed by atoms with van der Waals surface area (Å²) >= 11 is 6.22. The quantitative estimate of drug-likeness (QED) is 0.158. The van der Waals surface area contributed by atoms with Crippen molar-refractivity contribution < 1.29 is 19.1 Å². The van der Waals surface area contributed by atoms with Gasteiger partial charge in [0, 0.05) is 19.5 Å². The number of carbonyl (C=O) groups excluding carboxylic acids is 3. The molecule has 0 saturated carbocycles. The van der Waals surface area contributed by atoms with Crippen molar-refractivity contribution in [2.24, 2.45) is 0 Å². The second-order valence-electron chi connectivity index (χ2n) is 10.6. The molecule has 43 heavy (non-hydrogen) atoms. The second-order valence-corrected chi connectivity index (χ2v) is 10.9.